The number of unbranched alkanes of at least 4 members (excludes halogenated alkanes) is 1. The van der Waals surface area contributed by atoms with Gasteiger partial charge in [0, 0.05) is 22.2 Å². The number of benzene rings is 2. The van der Waals surface area contributed by atoms with Crippen LogP contribution in [0.1, 0.15) is 38.3 Å². The van der Waals surface area contributed by atoms with Crippen LogP contribution in [0.25, 0.3) is 0 Å². The van der Waals surface area contributed by atoms with E-state index in [-0.39, 0.29) is 5.91 Å². The molecular weight excluding hydrogens is 430 g/mol. The second-order valence-electron chi connectivity index (χ2n) is 7.31. The second kappa shape index (κ2) is 9.58. The Balaban J connectivity index is 1.73. The first-order valence-corrected chi connectivity index (χ1v) is 11.6. The predicted octanol–water partition coefficient (Wildman–Crippen LogP) is 5.75. The minimum absolute atomic E-state index is 0.192. The quantitative estimate of drug-likeness (QED) is 0.352. The van der Waals surface area contributed by atoms with Gasteiger partial charge in [-0.3, -0.25) is 4.79 Å². The summed E-state index contributed by atoms with van der Waals surface area (Å²) in [4.78, 5) is 18.0. The molecule has 2 N–H and O–H groups in total. The van der Waals surface area contributed by atoms with Crippen LogP contribution in [0.4, 0.5) is 11.6 Å². The predicted molar refractivity (Wildman–Crippen MR) is 127 cm³/mol. The van der Waals surface area contributed by atoms with E-state index in [0.717, 1.165) is 35.5 Å². The van der Waals surface area contributed by atoms with Crippen LogP contribution < -0.4 is 10.6 Å². The molecule has 31 heavy (non-hydrogen) atoms. The molecule has 1 aliphatic heterocycles. The fraction of sp³-hybridized carbons (Fsp3) is 0.261. The van der Waals surface area contributed by atoms with Gasteiger partial charge in [0.05, 0.1) is 5.57 Å². The number of halogens is 1. The van der Waals surface area contributed by atoms with E-state index >= 15 is 0 Å². The van der Waals surface area contributed by atoms with Gasteiger partial charge in [-0.1, -0.05) is 67.0 Å². The molecule has 4 rings (SSSR count). The molecule has 1 aromatic heterocycles. The summed E-state index contributed by atoms with van der Waals surface area (Å²) in [7, 11) is 0. The molecule has 0 fully saturated rings. The number of para-hydroxylation sites is 1. The van der Waals surface area contributed by atoms with Gasteiger partial charge < -0.3 is 10.6 Å². The summed E-state index contributed by atoms with van der Waals surface area (Å²) in [5.74, 6) is 1.38. The first-order chi connectivity index (χ1) is 15.1. The molecule has 0 saturated carbocycles. The third-order valence-corrected chi connectivity index (χ3v) is 6.16. The van der Waals surface area contributed by atoms with Gasteiger partial charge in [0.15, 0.2) is 0 Å². The Kier molecular flexibility index (Phi) is 6.63. The topological polar surface area (TPSA) is 71.8 Å². The van der Waals surface area contributed by atoms with Gasteiger partial charge in [0.1, 0.15) is 6.04 Å². The summed E-state index contributed by atoms with van der Waals surface area (Å²) in [6.45, 7) is 4.05. The Morgan fingerprint density at radius 1 is 1.23 bits per heavy atom. The fourth-order valence-electron chi connectivity index (χ4n) is 3.50. The van der Waals surface area contributed by atoms with Gasteiger partial charge in [-0.25, -0.2) is 4.68 Å². The van der Waals surface area contributed by atoms with Gasteiger partial charge in [0.2, 0.25) is 11.1 Å². The lowest BCUT2D eigenvalue weighted by molar-refractivity contribution is -0.113. The van der Waals surface area contributed by atoms with Crippen molar-refractivity contribution in [1.29, 1.82) is 0 Å². The van der Waals surface area contributed by atoms with Crippen molar-refractivity contribution in [2.45, 2.75) is 37.9 Å². The molecular formula is C23H24ClN5OS. The van der Waals surface area contributed by atoms with Crippen molar-refractivity contribution in [1.82, 2.24) is 14.8 Å². The van der Waals surface area contributed by atoms with Crippen molar-refractivity contribution in [3.63, 3.8) is 0 Å². The Hall–Kier alpha value is -2.77. The smallest absolute Gasteiger partial charge is 0.255 e. The van der Waals surface area contributed by atoms with Crippen LogP contribution in [0.5, 0.6) is 0 Å². The standard InChI is InChI=1S/C23H24ClN5OS/c1-3-4-13-31-23-27-22-25-15(2)19(21(30)26-18-11-6-5-7-12-18)20(29(22)28-23)16-9-8-10-17(24)14-16/h5-12,14,20H,3-4,13H2,1-2H3,(H,26,30)(H,25,27,28). The molecule has 160 valence electrons. The van der Waals surface area contributed by atoms with Crippen LogP contribution in [0, 0.1) is 0 Å². The molecule has 8 heteroatoms. The second-order valence-corrected chi connectivity index (χ2v) is 8.80. The number of carbonyl (C=O) groups is 1. The zero-order valence-corrected chi connectivity index (χ0v) is 19.0. The van der Waals surface area contributed by atoms with Crippen LogP contribution in [0.2, 0.25) is 5.02 Å². The Morgan fingerprint density at radius 2 is 2.03 bits per heavy atom. The molecule has 6 nitrogen and oxygen atoms in total. The highest BCUT2D eigenvalue weighted by Crippen LogP contribution is 2.37. The largest absolute Gasteiger partial charge is 0.328 e. The molecule has 3 aromatic rings. The number of nitrogens with zero attached hydrogens (tertiary/aromatic N) is 3. The number of nitrogens with one attached hydrogen (secondary N) is 2. The summed E-state index contributed by atoms with van der Waals surface area (Å²) < 4.78 is 1.78. The highest BCUT2D eigenvalue weighted by atomic mass is 35.5. The summed E-state index contributed by atoms with van der Waals surface area (Å²) in [5.41, 5.74) is 2.93. The molecule has 0 radical (unpaired) electrons. The zero-order chi connectivity index (χ0) is 21.8. The monoisotopic (exact) mass is 453 g/mol. The molecule has 0 saturated heterocycles. The van der Waals surface area contributed by atoms with Crippen molar-refractivity contribution in [3.05, 3.63) is 76.5 Å². The summed E-state index contributed by atoms with van der Waals surface area (Å²) in [5, 5.41) is 12.3. The third-order valence-electron chi connectivity index (χ3n) is 5.00. The highest BCUT2D eigenvalue weighted by molar-refractivity contribution is 7.99. The molecule has 1 unspecified atom stereocenters. The SMILES string of the molecule is CCCCSc1nc2n(n1)C(c1cccc(Cl)c1)C(C(=O)Nc1ccccc1)=C(C)N2. The Labute approximate surface area is 191 Å². The summed E-state index contributed by atoms with van der Waals surface area (Å²) in [6.07, 6.45) is 2.22. The molecule has 1 atom stereocenters. The molecule has 0 bridgehead atoms. The number of fused-ring (bicyclic) bond motifs is 1. The Bertz CT molecular complexity index is 1110. The number of hydrogen-bond donors (Lipinski definition) is 2. The van der Waals surface area contributed by atoms with Crippen molar-refractivity contribution in [2.75, 3.05) is 16.4 Å². The third kappa shape index (κ3) is 4.78. The van der Waals surface area contributed by atoms with E-state index in [9.17, 15) is 4.79 Å². The van der Waals surface area contributed by atoms with Crippen molar-refractivity contribution in [2.24, 2.45) is 0 Å². The first-order valence-electron chi connectivity index (χ1n) is 10.3. The highest BCUT2D eigenvalue weighted by Gasteiger charge is 2.34. The molecule has 1 aliphatic rings. The number of thioether (sulfide) groups is 1. The zero-order valence-electron chi connectivity index (χ0n) is 17.4. The van der Waals surface area contributed by atoms with E-state index in [1.165, 1.54) is 0 Å². The average molecular weight is 454 g/mol. The number of anilines is 2. The van der Waals surface area contributed by atoms with Crippen molar-refractivity contribution in [3.8, 4) is 0 Å². The fourth-order valence-corrected chi connectivity index (χ4v) is 4.61. The average Bonchev–Trinajstić information content (AvgIpc) is 3.15. The molecule has 1 amide bonds. The number of hydrogen-bond acceptors (Lipinski definition) is 5. The molecule has 2 aromatic carbocycles. The molecule has 0 spiro atoms. The minimum Gasteiger partial charge on any atom is -0.328 e. The van der Waals surface area contributed by atoms with E-state index in [2.05, 4.69) is 22.5 Å². The maximum atomic E-state index is 13.4. The van der Waals surface area contributed by atoms with Crippen molar-refractivity contribution >= 4 is 40.9 Å². The maximum absolute atomic E-state index is 13.4. The summed E-state index contributed by atoms with van der Waals surface area (Å²) in [6, 6.07) is 16.5. The summed E-state index contributed by atoms with van der Waals surface area (Å²) >= 11 is 7.92. The van der Waals surface area contributed by atoms with Crippen LogP contribution in [0.15, 0.2) is 71.0 Å². The molecule has 2 heterocycles. The van der Waals surface area contributed by atoms with E-state index in [4.69, 9.17) is 16.7 Å². The normalized spacial score (nSPS) is 15.4. The van der Waals surface area contributed by atoms with Crippen molar-refractivity contribution < 1.29 is 4.79 Å². The van der Waals surface area contributed by atoms with E-state index in [0.29, 0.717) is 21.7 Å². The van der Waals surface area contributed by atoms with Gasteiger partial charge >= 0.3 is 0 Å². The van der Waals surface area contributed by atoms with Gasteiger partial charge in [-0.05, 0) is 43.2 Å². The van der Waals surface area contributed by atoms with Gasteiger partial charge in [-0.2, -0.15) is 4.98 Å². The van der Waals surface area contributed by atoms with E-state index in [1.807, 2.05) is 61.5 Å². The molecule has 0 aliphatic carbocycles. The van der Waals surface area contributed by atoms with Crippen LogP contribution >= 0.6 is 23.4 Å². The van der Waals surface area contributed by atoms with Crippen LogP contribution in [0.3, 0.4) is 0 Å². The lowest BCUT2D eigenvalue weighted by atomic mass is 9.95. The van der Waals surface area contributed by atoms with Crippen LogP contribution in [-0.2, 0) is 4.79 Å². The lowest BCUT2D eigenvalue weighted by Gasteiger charge is -2.28. The van der Waals surface area contributed by atoms with Gasteiger partial charge in [0.25, 0.3) is 5.91 Å². The minimum atomic E-state index is -0.438. The number of amides is 1. The maximum Gasteiger partial charge on any atom is 0.255 e. The number of rotatable bonds is 7. The van der Waals surface area contributed by atoms with E-state index in [1.54, 1.807) is 16.4 Å². The van der Waals surface area contributed by atoms with Gasteiger partial charge in [-0.15, -0.1) is 5.10 Å². The number of allylic oxidation sites excluding steroid dienone is 1. The number of carbonyl (C=O) groups excluding carboxylic acids is 1. The first kappa shape index (κ1) is 21.5. The number of aromatic nitrogens is 3. The Morgan fingerprint density at radius 3 is 2.77 bits per heavy atom. The van der Waals surface area contributed by atoms with E-state index < -0.39 is 6.04 Å². The lowest BCUT2D eigenvalue weighted by Crippen LogP contribution is -2.31. The van der Waals surface area contributed by atoms with Crippen LogP contribution in [-0.4, -0.2) is 26.4 Å².